The van der Waals surface area contributed by atoms with Crippen LogP contribution in [-0.4, -0.2) is 59.9 Å². The first-order chi connectivity index (χ1) is 11.1. The predicted octanol–water partition coefficient (Wildman–Crippen LogP) is 2.35. The molecule has 6 heteroatoms. The second kappa shape index (κ2) is 7.45. The highest BCUT2D eigenvalue weighted by atomic mass is 32.2. The Kier molecular flexibility index (Phi) is 5.54. The molecule has 0 aromatic carbocycles. The molecule has 3 rings (SSSR count). The topological polar surface area (TPSA) is 44.8 Å². The molecule has 2 unspecified atom stereocenters. The normalized spacial score (nSPS) is 30.7. The van der Waals surface area contributed by atoms with E-state index in [2.05, 4.69) is 19.2 Å². The number of carbonyl (C=O) groups is 1. The Labute approximate surface area is 143 Å². The first-order valence-electron chi connectivity index (χ1n) is 8.91. The minimum Gasteiger partial charge on any atom is -0.399 e. The summed E-state index contributed by atoms with van der Waals surface area (Å²) in [5.74, 6) is 0.637. The van der Waals surface area contributed by atoms with Crippen LogP contribution >= 0.6 is 11.8 Å². The Morgan fingerprint density at radius 3 is 2.70 bits per heavy atom. The van der Waals surface area contributed by atoms with Gasteiger partial charge in [-0.2, -0.15) is 0 Å². The molecule has 1 aliphatic carbocycles. The molecule has 2 atom stereocenters. The van der Waals surface area contributed by atoms with Gasteiger partial charge in [-0.3, -0.25) is 4.79 Å². The number of likely N-dealkylation sites (N-methyl/N-ethyl adjacent to an activating group) is 1. The SMILES string of the molecule is CC1C(SC2CCCCC2)=C(C(=O)N2CCNCC2C)ON1C. The number of rotatable bonds is 3. The van der Waals surface area contributed by atoms with E-state index in [1.807, 2.05) is 28.8 Å². The first-order valence-corrected chi connectivity index (χ1v) is 9.79. The van der Waals surface area contributed by atoms with Crippen LogP contribution in [0.4, 0.5) is 0 Å². The second-order valence-corrected chi connectivity index (χ2v) is 8.28. The van der Waals surface area contributed by atoms with Crippen LogP contribution in [0, 0.1) is 0 Å². The van der Waals surface area contributed by atoms with Crippen molar-refractivity contribution in [2.24, 2.45) is 0 Å². The van der Waals surface area contributed by atoms with Gasteiger partial charge in [-0.1, -0.05) is 19.3 Å². The van der Waals surface area contributed by atoms with Gasteiger partial charge in [0.05, 0.1) is 10.9 Å². The van der Waals surface area contributed by atoms with Gasteiger partial charge in [-0.25, -0.2) is 0 Å². The van der Waals surface area contributed by atoms with Crippen LogP contribution in [0.1, 0.15) is 46.0 Å². The fourth-order valence-corrected chi connectivity index (χ4v) is 5.06. The molecule has 5 nitrogen and oxygen atoms in total. The van der Waals surface area contributed by atoms with Crippen LogP contribution in [0.5, 0.6) is 0 Å². The van der Waals surface area contributed by atoms with E-state index in [0.717, 1.165) is 24.5 Å². The summed E-state index contributed by atoms with van der Waals surface area (Å²) >= 11 is 1.89. The van der Waals surface area contributed by atoms with Gasteiger partial charge in [-0.05, 0) is 26.7 Å². The molecule has 0 bridgehead atoms. The van der Waals surface area contributed by atoms with Crippen molar-refractivity contribution in [3.05, 3.63) is 10.7 Å². The van der Waals surface area contributed by atoms with Crippen molar-refractivity contribution in [1.29, 1.82) is 0 Å². The third kappa shape index (κ3) is 3.69. The molecule has 3 aliphatic rings. The van der Waals surface area contributed by atoms with E-state index < -0.39 is 0 Å². The molecular formula is C17H29N3O2S. The van der Waals surface area contributed by atoms with Gasteiger partial charge in [-0.15, -0.1) is 16.8 Å². The summed E-state index contributed by atoms with van der Waals surface area (Å²) in [7, 11) is 1.92. The number of amides is 1. The number of piperazine rings is 1. The Hall–Kier alpha value is -0.720. The van der Waals surface area contributed by atoms with Crippen molar-refractivity contribution in [2.75, 3.05) is 26.7 Å². The number of hydroxylamine groups is 2. The Bertz CT molecular complexity index is 476. The zero-order chi connectivity index (χ0) is 16.4. The minimum absolute atomic E-state index is 0.0634. The Balaban J connectivity index is 1.78. The Morgan fingerprint density at radius 1 is 1.26 bits per heavy atom. The second-order valence-electron chi connectivity index (χ2n) is 6.94. The molecule has 130 valence electrons. The van der Waals surface area contributed by atoms with Crippen molar-refractivity contribution in [1.82, 2.24) is 15.3 Å². The lowest BCUT2D eigenvalue weighted by atomic mass is 10.0. The molecule has 2 fully saturated rings. The third-order valence-electron chi connectivity index (χ3n) is 5.19. The quantitative estimate of drug-likeness (QED) is 0.855. The summed E-state index contributed by atoms with van der Waals surface area (Å²) in [6.07, 6.45) is 6.50. The number of carbonyl (C=O) groups excluding carboxylic acids is 1. The van der Waals surface area contributed by atoms with Crippen molar-refractivity contribution >= 4 is 17.7 Å². The van der Waals surface area contributed by atoms with Crippen LogP contribution in [0.25, 0.3) is 0 Å². The number of nitrogens with one attached hydrogen (secondary N) is 1. The van der Waals surface area contributed by atoms with Gasteiger partial charge in [0.1, 0.15) is 0 Å². The number of hydrogen-bond donors (Lipinski definition) is 1. The minimum atomic E-state index is 0.0634. The Morgan fingerprint density at radius 2 is 2.00 bits per heavy atom. The van der Waals surface area contributed by atoms with E-state index in [1.54, 1.807) is 0 Å². The number of thioether (sulfide) groups is 1. The molecule has 0 aromatic heterocycles. The van der Waals surface area contributed by atoms with Crippen LogP contribution in [-0.2, 0) is 9.63 Å². The van der Waals surface area contributed by atoms with Crippen molar-refractivity contribution in [3.8, 4) is 0 Å². The van der Waals surface area contributed by atoms with E-state index in [0.29, 0.717) is 11.0 Å². The van der Waals surface area contributed by atoms with Gasteiger partial charge in [0.15, 0.2) is 0 Å². The van der Waals surface area contributed by atoms with Gasteiger partial charge >= 0.3 is 0 Å². The van der Waals surface area contributed by atoms with Crippen LogP contribution < -0.4 is 5.32 Å². The number of nitrogens with zero attached hydrogens (tertiary/aromatic N) is 2. The molecule has 0 radical (unpaired) electrons. The summed E-state index contributed by atoms with van der Waals surface area (Å²) in [6, 6.07) is 0.383. The zero-order valence-electron chi connectivity index (χ0n) is 14.5. The maximum atomic E-state index is 13.0. The van der Waals surface area contributed by atoms with Crippen LogP contribution in [0.15, 0.2) is 10.7 Å². The van der Waals surface area contributed by atoms with Gasteiger partial charge in [0.2, 0.25) is 5.76 Å². The largest absolute Gasteiger partial charge is 0.399 e. The molecule has 1 saturated carbocycles. The molecule has 23 heavy (non-hydrogen) atoms. The monoisotopic (exact) mass is 339 g/mol. The van der Waals surface area contributed by atoms with Gasteiger partial charge in [0, 0.05) is 38.0 Å². The smallest absolute Gasteiger partial charge is 0.292 e. The standard InChI is InChI=1S/C17H29N3O2S/c1-12-11-18-9-10-20(12)17(21)15-16(13(2)19(3)22-15)23-14-7-5-4-6-8-14/h12-14,18H,4-11H2,1-3H3. The fraction of sp³-hybridized carbons (Fsp3) is 0.824. The van der Waals surface area contributed by atoms with E-state index in [-0.39, 0.29) is 18.0 Å². The highest BCUT2D eigenvalue weighted by Gasteiger charge is 2.38. The molecule has 2 heterocycles. The summed E-state index contributed by atoms with van der Waals surface area (Å²) < 4.78 is 0. The summed E-state index contributed by atoms with van der Waals surface area (Å²) in [5.41, 5.74) is 0. The maximum Gasteiger partial charge on any atom is 0.292 e. The van der Waals surface area contributed by atoms with Crippen LogP contribution in [0.2, 0.25) is 0 Å². The number of hydrogen-bond acceptors (Lipinski definition) is 5. The summed E-state index contributed by atoms with van der Waals surface area (Å²) in [5, 5.41) is 5.80. The average molecular weight is 340 g/mol. The van der Waals surface area contributed by atoms with E-state index >= 15 is 0 Å². The van der Waals surface area contributed by atoms with Gasteiger partial charge in [0.25, 0.3) is 5.91 Å². The molecule has 1 saturated heterocycles. The molecule has 2 aliphatic heterocycles. The molecule has 1 N–H and O–H groups in total. The van der Waals surface area contributed by atoms with E-state index in [1.165, 1.54) is 32.1 Å². The molecule has 0 aromatic rings. The molecule has 0 spiro atoms. The van der Waals surface area contributed by atoms with E-state index in [4.69, 9.17) is 4.84 Å². The lowest BCUT2D eigenvalue weighted by Gasteiger charge is -2.34. The third-order valence-corrected chi connectivity index (χ3v) is 6.77. The lowest BCUT2D eigenvalue weighted by Crippen LogP contribution is -2.52. The maximum absolute atomic E-state index is 13.0. The lowest BCUT2D eigenvalue weighted by molar-refractivity contribution is -0.145. The van der Waals surface area contributed by atoms with E-state index in [9.17, 15) is 4.79 Å². The van der Waals surface area contributed by atoms with Crippen molar-refractivity contribution in [3.63, 3.8) is 0 Å². The fourth-order valence-electron chi connectivity index (χ4n) is 3.56. The summed E-state index contributed by atoms with van der Waals surface area (Å²) in [4.78, 5) is 22.0. The van der Waals surface area contributed by atoms with Gasteiger partial charge < -0.3 is 15.1 Å². The van der Waals surface area contributed by atoms with Crippen LogP contribution in [0.3, 0.4) is 0 Å². The molecule has 1 amide bonds. The molecular weight excluding hydrogens is 310 g/mol. The van der Waals surface area contributed by atoms with Crippen molar-refractivity contribution < 1.29 is 9.63 Å². The first kappa shape index (κ1) is 17.1. The summed E-state index contributed by atoms with van der Waals surface area (Å²) in [6.45, 7) is 6.70. The highest BCUT2D eigenvalue weighted by Crippen LogP contribution is 2.41. The predicted molar refractivity (Wildman–Crippen MR) is 93.8 cm³/mol. The highest BCUT2D eigenvalue weighted by molar-refractivity contribution is 8.03. The zero-order valence-corrected chi connectivity index (χ0v) is 15.3. The van der Waals surface area contributed by atoms with Crippen molar-refractivity contribution in [2.45, 2.75) is 63.3 Å². The average Bonchev–Trinajstić information content (AvgIpc) is 2.84.